The van der Waals surface area contributed by atoms with Gasteiger partial charge in [-0.2, -0.15) is 0 Å². The summed E-state index contributed by atoms with van der Waals surface area (Å²) in [5.41, 5.74) is 0. The van der Waals surface area contributed by atoms with Crippen molar-refractivity contribution in [3.63, 3.8) is 0 Å². The first-order chi connectivity index (χ1) is 7.18. The molecule has 1 fully saturated rings. The van der Waals surface area contributed by atoms with Gasteiger partial charge in [-0.15, -0.1) is 0 Å². The summed E-state index contributed by atoms with van der Waals surface area (Å²) in [6.07, 6.45) is 5.37. The van der Waals surface area contributed by atoms with Crippen molar-refractivity contribution in [3.05, 3.63) is 0 Å². The molecule has 0 aromatic rings. The number of nitrogens with one attached hydrogen (secondary N) is 2. The van der Waals surface area contributed by atoms with Crippen LogP contribution >= 0.6 is 0 Å². The summed E-state index contributed by atoms with van der Waals surface area (Å²) in [6.45, 7) is 6.40. The Kier molecular flexibility index (Phi) is 5.69. The van der Waals surface area contributed by atoms with E-state index in [4.69, 9.17) is 0 Å². The van der Waals surface area contributed by atoms with E-state index in [-0.39, 0.29) is 5.91 Å². The molecular formula is C12H24N2O. The summed E-state index contributed by atoms with van der Waals surface area (Å²) in [5.74, 6) is 0.984. The highest BCUT2D eigenvalue weighted by Crippen LogP contribution is 2.07. The fourth-order valence-corrected chi connectivity index (χ4v) is 1.97. The molecule has 3 nitrogen and oxygen atoms in total. The van der Waals surface area contributed by atoms with E-state index in [0.717, 1.165) is 31.8 Å². The van der Waals surface area contributed by atoms with Crippen molar-refractivity contribution < 1.29 is 4.79 Å². The molecule has 0 spiro atoms. The summed E-state index contributed by atoms with van der Waals surface area (Å²) in [4.78, 5) is 11.3. The molecule has 1 rings (SSSR count). The summed E-state index contributed by atoms with van der Waals surface area (Å²) in [7, 11) is 0. The zero-order chi connectivity index (χ0) is 11.1. The van der Waals surface area contributed by atoms with Gasteiger partial charge in [-0.25, -0.2) is 0 Å². The maximum Gasteiger partial charge on any atom is 0.221 e. The molecule has 1 atom stereocenters. The molecule has 2 N–H and O–H groups in total. The molecule has 3 heteroatoms. The molecule has 0 bridgehead atoms. The van der Waals surface area contributed by atoms with Gasteiger partial charge in [-0.1, -0.05) is 13.8 Å². The minimum Gasteiger partial charge on any atom is -0.356 e. The van der Waals surface area contributed by atoms with Gasteiger partial charge >= 0.3 is 0 Å². The van der Waals surface area contributed by atoms with Gasteiger partial charge in [0.2, 0.25) is 5.91 Å². The van der Waals surface area contributed by atoms with Gasteiger partial charge in [0.25, 0.3) is 0 Å². The molecular weight excluding hydrogens is 188 g/mol. The Bertz CT molecular complexity index is 192. The smallest absolute Gasteiger partial charge is 0.221 e. The van der Waals surface area contributed by atoms with Gasteiger partial charge in [0.05, 0.1) is 0 Å². The second kappa shape index (κ2) is 6.83. The quantitative estimate of drug-likeness (QED) is 0.681. The highest BCUT2D eigenvalue weighted by molar-refractivity contribution is 5.76. The van der Waals surface area contributed by atoms with Gasteiger partial charge in [-0.3, -0.25) is 4.79 Å². The number of carbonyl (C=O) groups is 1. The molecule has 1 unspecified atom stereocenters. The van der Waals surface area contributed by atoms with Crippen LogP contribution in [0.5, 0.6) is 0 Å². The normalized spacial score (nSPS) is 22.6. The van der Waals surface area contributed by atoms with Gasteiger partial charge in [-0.05, 0) is 38.1 Å². The number of carbonyl (C=O) groups excluding carboxylic acids is 1. The van der Waals surface area contributed by atoms with Crippen LogP contribution in [0.15, 0.2) is 0 Å². The minimum absolute atomic E-state index is 0.203. The van der Waals surface area contributed by atoms with E-state index in [2.05, 4.69) is 24.5 Å². The first-order valence-corrected chi connectivity index (χ1v) is 6.18. The van der Waals surface area contributed by atoms with E-state index in [0.29, 0.717) is 12.5 Å². The topological polar surface area (TPSA) is 41.1 Å². The third-order valence-corrected chi connectivity index (χ3v) is 2.87. The predicted molar refractivity (Wildman–Crippen MR) is 62.7 cm³/mol. The van der Waals surface area contributed by atoms with Crippen molar-refractivity contribution in [2.24, 2.45) is 5.92 Å². The standard InChI is InChI=1S/C12H24N2O/c1-10(2)5-3-7-13-11-6-4-8-14-12(15)9-11/h10-11,13H,3-9H2,1-2H3,(H,14,15). The first kappa shape index (κ1) is 12.5. The van der Waals surface area contributed by atoms with Crippen molar-refractivity contribution in [2.45, 2.75) is 52.0 Å². The summed E-state index contributed by atoms with van der Waals surface area (Å²) in [6, 6.07) is 0.402. The van der Waals surface area contributed by atoms with Crippen molar-refractivity contribution in [1.82, 2.24) is 10.6 Å². The lowest BCUT2D eigenvalue weighted by molar-refractivity contribution is -0.121. The average Bonchev–Trinajstić information content (AvgIpc) is 2.37. The second-order valence-electron chi connectivity index (χ2n) is 4.88. The molecule has 0 aromatic carbocycles. The molecule has 0 aromatic heterocycles. The number of hydrogen-bond donors (Lipinski definition) is 2. The van der Waals surface area contributed by atoms with Crippen LogP contribution in [0.3, 0.4) is 0 Å². The SMILES string of the molecule is CC(C)CCCNC1CCCNC(=O)C1. The maximum atomic E-state index is 11.3. The molecule has 1 heterocycles. The monoisotopic (exact) mass is 212 g/mol. The maximum absolute atomic E-state index is 11.3. The first-order valence-electron chi connectivity index (χ1n) is 6.18. The summed E-state index contributed by atoms with van der Waals surface area (Å²) in [5, 5.41) is 6.39. The Morgan fingerprint density at radius 1 is 1.53 bits per heavy atom. The number of rotatable bonds is 5. The Labute approximate surface area is 93.0 Å². The van der Waals surface area contributed by atoms with Crippen molar-refractivity contribution >= 4 is 5.91 Å². The Morgan fingerprint density at radius 2 is 2.33 bits per heavy atom. The minimum atomic E-state index is 0.203. The van der Waals surface area contributed by atoms with Crippen LogP contribution in [0.4, 0.5) is 0 Å². The lowest BCUT2D eigenvalue weighted by atomic mass is 10.1. The molecule has 15 heavy (non-hydrogen) atoms. The van der Waals surface area contributed by atoms with Crippen LogP contribution in [-0.2, 0) is 4.79 Å². The van der Waals surface area contributed by atoms with Crippen LogP contribution < -0.4 is 10.6 Å². The largest absolute Gasteiger partial charge is 0.356 e. The van der Waals surface area contributed by atoms with Gasteiger partial charge in [0.15, 0.2) is 0 Å². The number of amides is 1. The van der Waals surface area contributed by atoms with E-state index >= 15 is 0 Å². The molecule has 1 saturated heterocycles. The molecule has 1 aliphatic rings. The lowest BCUT2D eigenvalue weighted by Gasteiger charge is -2.15. The summed E-state index contributed by atoms with van der Waals surface area (Å²) >= 11 is 0. The third kappa shape index (κ3) is 5.78. The van der Waals surface area contributed by atoms with Crippen LogP contribution in [0.25, 0.3) is 0 Å². The van der Waals surface area contributed by atoms with E-state index < -0.39 is 0 Å². The van der Waals surface area contributed by atoms with Crippen molar-refractivity contribution in [2.75, 3.05) is 13.1 Å². The predicted octanol–water partition coefficient (Wildman–Crippen LogP) is 1.68. The highest BCUT2D eigenvalue weighted by atomic mass is 16.1. The Hall–Kier alpha value is -0.570. The fraction of sp³-hybridized carbons (Fsp3) is 0.917. The van der Waals surface area contributed by atoms with Gasteiger partial charge in [0.1, 0.15) is 0 Å². The second-order valence-corrected chi connectivity index (χ2v) is 4.88. The zero-order valence-corrected chi connectivity index (χ0v) is 10.0. The van der Waals surface area contributed by atoms with Crippen LogP contribution in [0, 0.1) is 5.92 Å². The molecule has 1 amide bonds. The van der Waals surface area contributed by atoms with Crippen molar-refractivity contribution in [3.8, 4) is 0 Å². The van der Waals surface area contributed by atoms with Gasteiger partial charge in [0, 0.05) is 19.0 Å². The van der Waals surface area contributed by atoms with Crippen molar-refractivity contribution in [1.29, 1.82) is 0 Å². The fourth-order valence-electron chi connectivity index (χ4n) is 1.97. The highest BCUT2D eigenvalue weighted by Gasteiger charge is 2.16. The molecule has 0 saturated carbocycles. The van der Waals surface area contributed by atoms with Crippen LogP contribution in [0.2, 0.25) is 0 Å². The molecule has 1 aliphatic heterocycles. The van der Waals surface area contributed by atoms with Gasteiger partial charge < -0.3 is 10.6 Å². The van der Waals surface area contributed by atoms with Crippen LogP contribution in [-0.4, -0.2) is 25.0 Å². The van der Waals surface area contributed by atoms with E-state index in [1.807, 2.05) is 0 Å². The average molecular weight is 212 g/mol. The molecule has 88 valence electrons. The van der Waals surface area contributed by atoms with E-state index in [9.17, 15) is 4.79 Å². The van der Waals surface area contributed by atoms with Crippen LogP contribution in [0.1, 0.15) is 46.0 Å². The Balaban J connectivity index is 2.11. The number of hydrogen-bond acceptors (Lipinski definition) is 2. The molecule has 0 aliphatic carbocycles. The van der Waals surface area contributed by atoms with E-state index in [1.165, 1.54) is 12.8 Å². The van der Waals surface area contributed by atoms with E-state index in [1.54, 1.807) is 0 Å². The lowest BCUT2D eigenvalue weighted by Crippen LogP contribution is -2.33. The molecule has 0 radical (unpaired) electrons. The zero-order valence-electron chi connectivity index (χ0n) is 10.0. The summed E-state index contributed by atoms with van der Waals surface area (Å²) < 4.78 is 0. The Morgan fingerprint density at radius 3 is 3.07 bits per heavy atom. The third-order valence-electron chi connectivity index (χ3n) is 2.87.